The van der Waals surface area contributed by atoms with Crippen molar-refractivity contribution in [2.24, 2.45) is 0 Å². The summed E-state index contributed by atoms with van der Waals surface area (Å²) < 4.78 is 31.9. The van der Waals surface area contributed by atoms with Crippen LogP contribution in [0.15, 0.2) is 52.5 Å². The molecule has 2 rings (SSSR count). The zero-order chi connectivity index (χ0) is 22.1. The quantitative estimate of drug-likeness (QED) is 0.467. The van der Waals surface area contributed by atoms with E-state index in [9.17, 15) is 13.2 Å². The molecular weight excluding hydrogens is 446 g/mol. The SMILES string of the molecule is CCN(CC)S(=O)(=O)c1ccc(SCC(=O)N(C)CCOc2ccc(Cl)cc2)nc1. The van der Waals surface area contributed by atoms with Gasteiger partial charge in [0.1, 0.15) is 17.3 Å². The van der Waals surface area contributed by atoms with E-state index in [1.807, 2.05) is 0 Å². The summed E-state index contributed by atoms with van der Waals surface area (Å²) in [5.41, 5.74) is 0. The molecule has 0 atom stereocenters. The lowest BCUT2D eigenvalue weighted by Crippen LogP contribution is -2.32. The number of rotatable bonds is 11. The Morgan fingerprint density at radius 1 is 1.13 bits per heavy atom. The van der Waals surface area contributed by atoms with Crippen LogP contribution in [0.2, 0.25) is 5.02 Å². The smallest absolute Gasteiger partial charge is 0.244 e. The molecule has 0 N–H and O–H groups in total. The highest BCUT2D eigenvalue weighted by Crippen LogP contribution is 2.20. The normalized spacial score (nSPS) is 11.5. The number of nitrogens with zero attached hydrogens (tertiary/aromatic N) is 3. The lowest BCUT2D eigenvalue weighted by molar-refractivity contribution is -0.127. The summed E-state index contributed by atoms with van der Waals surface area (Å²) >= 11 is 7.09. The maximum absolute atomic E-state index is 12.5. The summed E-state index contributed by atoms with van der Waals surface area (Å²) in [5, 5.41) is 1.23. The highest BCUT2D eigenvalue weighted by atomic mass is 35.5. The number of benzene rings is 1. The fraction of sp³-hybridized carbons (Fsp3) is 0.400. The molecular formula is C20H26ClN3O4S2. The average Bonchev–Trinajstić information content (AvgIpc) is 2.74. The number of sulfonamides is 1. The number of hydrogen-bond donors (Lipinski definition) is 0. The lowest BCUT2D eigenvalue weighted by Gasteiger charge is -2.18. The van der Waals surface area contributed by atoms with Crippen molar-refractivity contribution in [3.8, 4) is 5.75 Å². The van der Waals surface area contributed by atoms with Gasteiger partial charge in [0, 0.05) is 31.4 Å². The molecule has 1 aromatic carbocycles. The largest absolute Gasteiger partial charge is 0.492 e. The zero-order valence-electron chi connectivity index (χ0n) is 17.2. The molecule has 0 spiro atoms. The summed E-state index contributed by atoms with van der Waals surface area (Å²) in [4.78, 5) is 18.2. The number of hydrogen-bond acceptors (Lipinski definition) is 6. The van der Waals surface area contributed by atoms with Gasteiger partial charge in [-0.15, -0.1) is 0 Å². The Balaban J connectivity index is 1.81. The van der Waals surface area contributed by atoms with Crippen molar-refractivity contribution in [2.45, 2.75) is 23.8 Å². The minimum absolute atomic E-state index is 0.0682. The van der Waals surface area contributed by atoms with Crippen LogP contribution in [0.4, 0.5) is 0 Å². The third-order valence-electron chi connectivity index (χ3n) is 4.33. The number of amides is 1. The first-order valence-electron chi connectivity index (χ1n) is 9.49. The van der Waals surface area contributed by atoms with E-state index < -0.39 is 10.0 Å². The van der Waals surface area contributed by atoms with Gasteiger partial charge in [0.2, 0.25) is 15.9 Å². The lowest BCUT2D eigenvalue weighted by atomic mass is 10.3. The molecule has 10 heteroatoms. The van der Waals surface area contributed by atoms with Crippen molar-refractivity contribution in [2.75, 3.05) is 39.0 Å². The van der Waals surface area contributed by atoms with E-state index >= 15 is 0 Å². The second-order valence-corrected chi connectivity index (χ2v) is 9.70. The molecule has 0 fully saturated rings. The zero-order valence-corrected chi connectivity index (χ0v) is 19.6. The number of aromatic nitrogens is 1. The molecule has 164 valence electrons. The minimum atomic E-state index is -3.53. The van der Waals surface area contributed by atoms with Crippen LogP contribution >= 0.6 is 23.4 Å². The van der Waals surface area contributed by atoms with Crippen LogP contribution in [0.25, 0.3) is 0 Å². The fourth-order valence-electron chi connectivity index (χ4n) is 2.52. The summed E-state index contributed by atoms with van der Waals surface area (Å²) in [5.74, 6) is 0.826. The van der Waals surface area contributed by atoms with Gasteiger partial charge < -0.3 is 9.64 Å². The fourth-order valence-corrected chi connectivity index (χ4v) is 4.83. The second kappa shape index (κ2) is 11.5. The van der Waals surface area contributed by atoms with Crippen molar-refractivity contribution < 1.29 is 17.9 Å². The molecule has 1 amide bonds. The van der Waals surface area contributed by atoms with Gasteiger partial charge in [0.05, 0.1) is 17.3 Å². The third kappa shape index (κ3) is 6.87. The van der Waals surface area contributed by atoms with E-state index in [0.717, 1.165) is 0 Å². The number of carbonyl (C=O) groups excluding carboxylic acids is 1. The summed E-state index contributed by atoms with van der Waals surface area (Å²) in [6, 6.07) is 10.2. The van der Waals surface area contributed by atoms with Crippen molar-refractivity contribution in [3.05, 3.63) is 47.6 Å². The van der Waals surface area contributed by atoms with Crippen molar-refractivity contribution in [3.63, 3.8) is 0 Å². The molecule has 0 bridgehead atoms. The maximum atomic E-state index is 12.5. The third-order valence-corrected chi connectivity index (χ3v) is 7.54. The minimum Gasteiger partial charge on any atom is -0.492 e. The molecule has 0 aliphatic carbocycles. The summed E-state index contributed by atoms with van der Waals surface area (Å²) in [6.45, 7) is 5.19. The van der Waals surface area contributed by atoms with E-state index in [1.165, 1.54) is 28.3 Å². The summed E-state index contributed by atoms with van der Waals surface area (Å²) in [7, 11) is -1.82. The average molecular weight is 472 g/mol. The van der Waals surface area contributed by atoms with Gasteiger partial charge in [-0.3, -0.25) is 4.79 Å². The van der Waals surface area contributed by atoms with E-state index in [1.54, 1.807) is 56.1 Å². The van der Waals surface area contributed by atoms with Gasteiger partial charge in [-0.25, -0.2) is 13.4 Å². The van der Waals surface area contributed by atoms with Gasteiger partial charge in [-0.2, -0.15) is 4.31 Å². The number of pyridine rings is 1. The van der Waals surface area contributed by atoms with E-state index in [4.69, 9.17) is 16.3 Å². The number of halogens is 1. The van der Waals surface area contributed by atoms with Crippen LogP contribution in [0.3, 0.4) is 0 Å². The maximum Gasteiger partial charge on any atom is 0.244 e. The van der Waals surface area contributed by atoms with Gasteiger partial charge >= 0.3 is 0 Å². The van der Waals surface area contributed by atoms with Crippen LogP contribution in [0.5, 0.6) is 5.75 Å². The number of likely N-dealkylation sites (N-methyl/N-ethyl adjacent to an activating group) is 1. The van der Waals surface area contributed by atoms with E-state index in [2.05, 4.69) is 4.98 Å². The molecule has 0 unspecified atom stereocenters. The Kier molecular flexibility index (Phi) is 9.41. The highest BCUT2D eigenvalue weighted by Gasteiger charge is 2.21. The molecule has 30 heavy (non-hydrogen) atoms. The van der Waals surface area contributed by atoms with Gasteiger partial charge in [-0.05, 0) is 36.4 Å². The van der Waals surface area contributed by atoms with E-state index in [-0.39, 0.29) is 16.6 Å². The van der Waals surface area contributed by atoms with Gasteiger partial charge in [0.25, 0.3) is 0 Å². The van der Waals surface area contributed by atoms with Gasteiger partial charge in [-0.1, -0.05) is 37.2 Å². The molecule has 0 saturated heterocycles. The Hall–Kier alpha value is -1.81. The monoisotopic (exact) mass is 471 g/mol. The Morgan fingerprint density at radius 3 is 2.37 bits per heavy atom. The number of ether oxygens (including phenoxy) is 1. The first-order chi connectivity index (χ1) is 14.3. The molecule has 1 aromatic heterocycles. The topological polar surface area (TPSA) is 79.8 Å². The molecule has 0 aliphatic rings. The van der Waals surface area contributed by atoms with Gasteiger partial charge in [0.15, 0.2) is 0 Å². The van der Waals surface area contributed by atoms with E-state index in [0.29, 0.717) is 42.0 Å². The molecule has 7 nitrogen and oxygen atoms in total. The molecule has 2 aromatic rings. The summed E-state index contributed by atoms with van der Waals surface area (Å²) in [6.07, 6.45) is 1.34. The van der Waals surface area contributed by atoms with Crippen LogP contribution in [0, 0.1) is 0 Å². The standard InChI is InChI=1S/C20H26ClN3O4S2/c1-4-24(5-2)30(26,27)18-10-11-19(22-14-18)29-15-20(25)23(3)12-13-28-17-8-6-16(21)7-9-17/h6-11,14H,4-5,12-13,15H2,1-3H3. The molecule has 0 radical (unpaired) electrons. The van der Waals surface area contributed by atoms with Crippen LogP contribution < -0.4 is 4.74 Å². The predicted octanol–water partition coefficient (Wildman–Crippen LogP) is 3.40. The Labute approximate surface area is 187 Å². The molecule has 1 heterocycles. The molecule has 0 aliphatic heterocycles. The highest BCUT2D eigenvalue weighted by molar-refractivity contribution is 7.99. The second-order valence-electron chi connectivity index (χ2n) is 6.33. The first-order valence-corrected chi connectivity index (χ1v) is 12.3. The van der Waals surface area contributed by atoms with Crippen LogP contribution in [0.1, 0.15) is 13.8 Å². The Bertz CT molecular complexity index is 918. The molecule has 0 saturated carbocycles. The van der Waals surface area contributed by atoms with Crippen molar-refractivity contribution >= 4 is 39.3 Å². The first kappa shape index (κ1) is 24.5. The van der Waals surface area contributed by atoms with Crippen molar-refractivity contribution in [1.29, 1.82) is 0 Å². The number of carbonyl (C=O) groups is 1. The number of thioether (sulfide) groups is 1. The van der Waals surface area contributed by atoms with Crippen LogP contribution in [-0.2, 0) is 14.8 Å². The predicted molar refractivity (Wildman–Crippen MR) is 120 cm³/mol. The Morgan fingerprint density at radius 2 is 1.80 bits per heavy atom. The van der Waals surface area contributed by atoms with Crippen molar-refractivity contribution in [1.82, 2.24) is 14.2 Å². The van der Waals surface area contributed by atoms with Crippen LogP contribution in [-0.4, -0.2) is 67.6 Å².